The van der Waals surface area contributed by atoms with Crippen molar-refractivity contribution in [1.82, 2.24) is 4.98 Å². The van der Waals surface area contributed by atoms with Crippen molar-refractivity contribution < 1.29 is 95.6 Å². The third-order valence-electron chi connectivity index (χ3n) is 12.3. The lowest BCUT2D eigenvalue weighted by atomic mass is 9.45. The second-order valence-electron chi connectivity index (χ2n) is 17.2. The van der Waals surface area contributed by atoms with Gasteiger partial charge in [0.25, 0.3) is 0 Å². The molecule has 1 saturated heterocycles. The molecule has 4 aliphatic rings. The van der Waals surface area contributed by atoms with Crippen LogP contribution >= 0.6 is 0 Å². The van der Waals surface area contributed by atoms with Gasteiger partial charge in [0.15, 0.2) is 30.0 Å². The lowest BCUT2D eigenvalue weighted by molar-refractivity contribution is -0.387. The van der Waals surface area contributed by atoms with Gasteiger partial charge in [-0.25, -0.2) is 9.59 Å². The Balaban J connectivity index is 2.04. The number of pyridine rings is 1. The normalized spacial score (nSPS) is 35.9. The summed E-state index contributed by atoms with van der Waals surface area (Å²) in [6.45, 7) is 11.5. The summed E-state index contributed by atoms with van der Waals surface area (Å²) in [6.07, 6.45) is -11.4. The number of fused-ring (bicyclic) bond motifs is 5. The van der Waals surface area contributed by atoms with Crippen LogP contribution in [-0.4, -0.2) is 136 Å². The van der Waals surface area contributed by atoms with Crippen LogP contribution in [0.3, 0.4) is 0 Å². The molecule has 2 saturated carbocycles. The van der Waals surface area contributed by atoms with Crippen molar-refractivity contribution in [2.45, 2.75) is 148 Å². The minimum absolute atomic E-state index is 0.0823. The minimum atomic E-state index is -2.93. The number of aliphatic hydroxyl groups is 1. The zero-order valence-electron chi connectivity index (χ0n) is 37.0. The summed E-state index contributed by atoms with van der Waals surface area (Å²) in [6, 6.07) is 2.85. The molecule has 2 aliphatic heterocycles. The Morgan fingerprint density at radius 1 is 0.778 bits per heavy atom. The Morgan fingerprint density at radius 2 is 1.33 bits per heavy atom. The third-order valence-corrected chi connectivity index (χ3v) is 12.3. The number of ether oxygens (including phenoxy) is 10. The predicted octanol–water partition coefficient (Wildman–Crippen LogP) is 1.36. The molecule has 3 heterocycles. The molecule has 346 valence electrons. The lowest BCUT2D eigenvalue weighted by Crippen LogP contribution is -2.89. The van der Waals surface area contributed by atoms with Crippen LogP contribution in [0.25, 0.3) is 0 Å². The number of hydrogen-bond acceptors (Lipinski definition) is 21. The molecule has 1 spiro atoms. The number of aromatic nitrogens is 1. The summed E-state index contributed by atoms with van der Waals surface area (Å²) in [5.74, 6) is -13.5. The van der Waals surface area contributed by atoms with Gasteiger partial charge in [0.1, 0.15) is 42.0 Å². The number of esters is 9. The number of nitrogens with zero attached hydrogens (tertiary/aromatic N) is 1. The van der Waals surface area contributed by atoms with Gasteiger partial charge in [-0.05, 0) is 39.8 Å². The fraction of sp³-hybridized carbons (Fsp3) is 0.667. The monoisotopic (exact) mass is 891 g/mol. The SMILES string of the molecule is CC(=O)OCC12C(OC(=O)C(C)(C)OC(C)=O)C(OC(C)=O)C3C(OC(C)=O)C14OC3(C)COC(=O)c1cccnc1C(C)C(C)C(=O)OC(C(OC(C)=O)C2OC(C)=O)C4(C)O. The fourth-order valence-corrected chi connectivity index (χ4v) is 9.73. The number of cyclic esters (lactones) is 1. The first-order chi connectivity index (χ1) is 29.1. The van der Waals surface area contributed by atoms with Crippen LogP contribution < -0.4 is 0 Å². The molecule has 1 aromatic heterocycles. The van der Waals surface area contributed by atoms with Gasteiger partial charge in [-0.1, -0.05) is 13.8 Å². The zero-order valence-corrected chi connectivity index (χ0v) is 37.0. The van der Waals surface area contributed by atoms with Crippen molar-refractivity contribution in [3.63, 3.8) is 0 Å². The van der Waals surface area contributed by atoms with Crippen LogP contribution in [0.15, 0.2) is 18.3 Å². The maximum atomic E-state index is 14.5. The maximum Gasteiger partial charge on any atom is 0.350 e. The summed E-state index contributed by atoms with van der Waals surface area (Å²) in [4.78, 5) is 126. The molecule has 0 radical (unpaired) electrons. The smallest absolute Gasteiger partial charge is 0.350 e. The number of carbonyl (C=O) groups is 9. The molecule has 13 unspecified atom stereocenters. The van der Waals surface area contributed by atoms with Gasteiger partial charge in [-0.15, -0.1) is 0 Å². The van der Waals surface area contributed by atoms with Crippen molar-refractivity contribution in [3.8, 4) is 0 Å². The number of carbonyl (C=O) groups excluding carboxylic acids is 9. The van der Waals surface area contributed by atoms with E-state index < -0.39 is 149 Å². The zero-order chi connectivity index (χ0) is 47.4. The average Bonchev–Trinajstić information content (AvgIpc) is 3.38. The fourth-order valence-electron chi connectivity index (χ4n) is 9.73. The lowest BCUT2D eigenvalue weighted by Gasteiger charge is -2.67. The van der Waals surface area contributed by atoms with E-state index in [1.54, 1.807) is 6.92 Å². The first kappa shape index (κ1) is 48.3. The van der Waals surface area contributed by atoms with Gasteiger partial charge in [-0.2, -0.15) is 0 Å². The average molecular weight is 892 g/mol. The van der Waals surface area contributed by atoms with Gasteiger partial charge in [0.2, 0.25) is 5.60 Å². The summed E-state index contributed by atoms with van der Waals surface area (Å²) in [5.41, 5.74) is -12.9. The van der Waals surface area contributed by atoms with Crippen LogP contribution in [0.1, 0.15) is 105 Å². The van der Waals surface area contributed by atoms with E-state index in [1.165, 1.54) is 32.2 Å². The van der Waals surface area contributed by atoms with Gasteiger partial charge >= 0.3 is 53.7 Å². The van der Waals surface area contributed by atoms with Crippen LogP contribution in [0, 0.1) is 17.3 Å². The highest BCUT2D eigenvalue weighted by atomic mass is 16.7. The third kappa shape index (κ3) is 8.20. The summed E-state index contributed by atoms with van der Waals surface area (Å²) >= 11 is 0. The van der Waals surface area contributed by atoms with Crippen molar-refractivity contribution >= 4 is 53.7 Å². The Morgan fingerprint density at radius 3 is 1.89 bits per heavy atom. The molecule has 2 aliphatic carbocycles. The Bertz CT molecular complexity index is 2080. The number of rotatable bonds is 9. The largest absolute Gasteiger partial charge is 0.465 e. The van der Waals surface area contributed by atoms with Gasteiger partial charge in [0.05, 0.1) is 23.1 Å². The Hall–Kier alpha value is -5.70. The first-order valence-electron chi connectivity index (χ1n) is 20.1. The van der Waals surface area contributed by atoms with Crippen molar-refractivity contribution in [2.24, 2.45) is 17.3 Å². The van der Waals surface area contributed by atoms with Crippen LogP contribution in [0.4, 0.5) is 0 Å². The van der Waals surface area contributed by atoms with E-state index in [1.807, 2.05) is 0 Å². The second-order valence-corrected chi connectivity index (χ2v) is 17.2. The topological polar surface area (TPSA) is 279 Å². The highest BCUT2D eigenvalue weighted by Gasteiger charge is 2.92. The van der Waals surface area contributed by atoms with E-state index in [0.717, 1.165) is 62.3 Å². The summed E-state index contributed by atoms with van der Waals surface area (Å²) in [5, 5.41) is 13.6. The second kappa shape index (κ2) is 17.1. The van der Waals surface area contributed by atoms with E-state index in [0.29, 0.717) is 0 Å². The molecule has 1 N–H and O–H groups in total. The molecular weight excluding hydrogens is 838 g/mol. The van der Waals surface area contributed by atoms with Crippen LogP contribution in [0.5, 0.6) is 0 Å². The van der Waals surface area contributed by atoms with Crippen molar-refractivity contribution in [3.05, 3.63) is 29.6 Å². The van der Waals surface area contributed by atoms with E-state index in [4.69, 9.17) is 47.4 Å². The number of hydrogen-bond donors (Lipinski definition) is 1. The molecule has 13 atom stereocenters. The molecular formula is C42H53NO20. The molecule has 0 aromatic carbocycles. The van der Waals surface area contributed by atoms with Crippen molar-refractivity contribution in [1.29, 1.82) is 0 Å². The molecule has 21 nitrogen and oxygen atoms in total. The summed E-state index contributed by atoms with van der Waals surface area (Å²) < 4.78 is 60.3. The predicted molar refractivity (Wildman–Crippen MR) is 205 cm³/mol. The highest BCUT2D eigenvalue weighted by molar-refractivity contribution is 5.91. The first-order valence-corrected chi connectivity index (χ1v) is 20.1. The van der Waals surface area contributed by atoms with Crippen molar-refractivity contribution in [2.75, 3.05) is 13.2 Å². The van der Waals surface area contributed by atoms with E-state index in [9.17, 15) is 48.3 Å². The van der Waals surface area contributed by atoms with E-state index >= 15 is 0 Å². The molecule has 63 heavy (non-hydrogen) atoms. The van der Waals surface area contributed by atoms with E-state index in [-0.39, 0.29) is 11.3 Å². The van der Waals surface area contributed by atoms with Crippen LogP contribution in [-0.2, 0) is 85.7 Å². The molecule has 3 fully saturated rings. The maximum absolute atomic E-state index is 14.5. The molecule has 1 aromatic rings. The van der Waals surface area contributed by atoms with E-state index in [2.05, 4.69) is 4.98 Å². The molecule has 0 amide bonds. The molecule has 4 bridgehead atoms. The summed E-state index contributed by atoms with van der Waals surface area (Å²) in [7, 11) is 0. The molecule has 5 rings (SSSR count). The van der Waals surface area contributed by atoms with Crippen LogP contribution in [0.2, 0.25) is 0 Å². The Kier molecular flexibility index (Phi) is 13.1. The van der Waals surface area contributed by atoms with Gasteiger partial charge in [0, 0.05) is 53.7 Å². The van der Waals surface area contributed by atoms with Gasteiger partial charge < -0.3 is 52.5 Å². The standard InChI is InChI=1S/C42H53NO20/c1-18-19(2)35(50)60-32-30(57-22(5)46)34(59-24(7)48)41(17-54-20(3)44)33(61-37(52)38(9,10)62-25(8)49)29(56-21(4)45)27-31(58-23(6)47)42(41,40(32,12)53)63-39(27,11)16-55-36(51)26-14-13-15-43-28(18)26/h13-15,18-19,27,29-34,53H,16-17H2,1-12H3. The van der Waals surface area contributed by atoms with Gasteiger partial charge in [-0.3, -0.25) is 38.5 Å². The highest BCUT2D eigenvalue weighted by Crippen LogP contribution is 2.70. The molecule has 21 heteroatoms. The Labute approximate surface area is 362 Å². The minimum Gasteiger partial charge on any atom is -0.465 e. The quantitative estimate of drug-likeness (QED) is 0.271.